The fourth-order valence-electron chi connectivity index (χ4n) is 2.96. The van der Waals surface area contributed by atoms with E-state index in [0.29, 0.717) is 0 Å². The van der Waals surface area contributed by atoms with Crippen molar-refractivity contribution in [2.24, 2.45) is 0 Å². The topological polar surface area (TPSA) is 35.5 Å². The van der Waals surface area contributed by atoms with Crippen LogP contribution < -0.4 is 10.2 Å². The molecule has 1 aliphatic heterocycles. The average Bonchev–Trinajstić information content (AvgIpc) is 2.58. The Kier molecular flexibility index (Phi) is 5.06. The van der Waals surface area contributed by atoms with Crippen LogP contribution in [0.3, 0.4) is 0 Å². The molecule has 1 aromatic carbocycles. The first-order valence-corrected chi connectivity index (χ1v) is 7.79. The van der Waals surface area contributed by atoms with E-state index in [2.05, 4.69) is 42.3 Å². The van der Waals surface area contributed by atoms with Gasteiger partial charge in [0, 0.05) is 25.3 Å². The van der Waals surface area contributed by atoms with E-state index in [0.717, 1.165) is 45.4 Å². The normalized spacial score (nSPS) is 23.7. The van der Waals surface area contributed by atoms with Crippen LogP contribution in [0.15, 0.2) is 18.2 Å². The van der Waals surface area contributed by atoms with Gasteiger partial charge >= 0.3 is 0 Å². The summed E-state index contributed by atoms with van der Waals surface area (Å²) in [5.74, 6) is 0. The summed E-state index contributed by atoms with van der Waals surface area (Å²) < 4.78 is 0. The molecular weight excluding hydrogens is 248 g/mol. The minimum Gasteiger partial charge on any atom is -0.390 e. The van der Waals surface area contributed by atoms with E-state index < -0.39 is 5.60 Å². The number of aliphatic hydroxyl groups is 1. The first-order valence-electron chi connectivity index (χ1n) is 7.79. The molecule has 0 amide bonds. The van der Waals surface area contributed by atoms with Crippen LogP contribution in [0, 0.1) is 6.92 Å². The molecule has 1 saturated heterocycles. The summed E-state index contributed by atoms with van der Waals surface area (Å²) in [6.45, 7) is 10.2. The third-order valence-corrected chi connectivity index (χ3v) is 4.24. The van der Waals surface area contributed by atoms with Gasteiger partial charge in [-0.3, -0.25) is 0 Å². The molecule has 0 aliphatic carbocycles. The molecule has 2 rings (SSSR count). The first kappa shape index (κ1) is 15.3. The molecule has 3 heteroatoms. The van der Waals surface area contributed by atoms with Crippen LogP contribution in [0.25, 0.3) is 0 Å². The summed E-state index contributed by atoms with van der Waals surface area (Å²) in [5, 5.41) is 13.6. The maximum atomic E-state index is 10.2. The summed E-state index contributed by atoms with van der Waals surface area (Å²) in [7, 11) is 0. The van der Waals surface area contributed by atoms with Crippen LogP contribution in [0.1, 0.15) is 44.2 Å². The van der Waals surface area contributed by atoms with Crippen LogP contribution in [-0.4, -0.2) is 30.3 Å². The second kappa shape index (κ2) is 6.59. The van der Waals surface area contributed by atoms with E-state index in [1.54, 1.807) is 0 Å². The van der Waals surface area contributed by atoms with Crippen LogP contribution >= 0.6 is 0 Å². The highest BCUT2D eigenvalue weighted by Gasteiger charge is 2.25. The lowest BCUT2D eigenvalue weighted by Crippen LogP contribution is -2.28. The van der Waals surface area contributed by atoms with Gasteiger partial charge in [0.25, 0.3) is 0 Å². The second-order valence-corrected chi connectivity index (χ2v) is 6.24. The Morgan fingerprint density at radius 3 is 2.80 bits per heavy atom. The van der Waals surface area contributed by atoms with Gasteiger partial charge in [-0.15, -0.1) is 0 Å². The standard InChI is InChI=1S/C17H28N2O/c1-4-18-13-15-6-7-16(14(2)12-15)19-10-5-8-17(3,20)9-11-19/h6-7,12,18,20H,4-5,8-11,13H2,1-3H3. The van der Waals surface area contributed by atoms with Gasteiger partial charge in [0.15, 0.2) is 0 Å². The summed E-state index contributed by atoms with van der Waals surface area (Å²) >= 11 is 0. The van der Waals surface area contributed by atoms with Gasteiger partial charge in [0.1, 0.15) is 0 Å². The molecule has 112 valence electrons. The third-order valence-electron chi connectivity index (χ3n) is 4.24. The zero-order valence-electron chi connectivity index (χ0n) is 13.1. The molecule has 1 unspecified atom stereocenters. The molecule has 1 aliphatic rings. The SMILES string of the molecule is CCNCc1ccc(N2CCCC(C)(O)CC2)c(C)c1. The Balaban J connectivity index is 2.08. The van der Waals surface area contributed by atoms with Crippen LogP contribution in [0.2, 0.25) is 0 Å². The van der Waals surface area contributed by atoms with E-state index in [9.17, 15) is 5.11 Å². The predicted octanol–water partition coefficient (Wildman–Crippen LogP) is 2.85. The summed E-state index contributed by atoms with van der Waals surface area (Å²) in [4.78, 5) is 2.42. The molecular formula is C17H28N2O. The van der Waals surface area contributed by atoms with E-state index in [4.69, 9.17) is 0 Å². The van der Waals surface area contributed by atoms with Crippen molar-refractivity contribution in [1.29, 1.82) is 0 Å². The Labute approximate surface area is 123 Å². The van der Waals surface area contributed by atoms with Gasteiger partial charge < -0.3 is 15.3 Å². The lowest BCUT2D eigenvalue weighted by Gasteiger charge is -2.26. The molecule has 0 radical (unpaired) electrons. The molecule has 1 atom stereocenters. The molecule has 3 nitrogen and oxygen atoms in total. The van der Waals surface area contributed by atoms with Gasteiger partial charge in [0.2, 0.25) is 0 Å². The summed E-state index contributed by atoms with van der Waals surface area (Å²) in [6.07, 6.45) is 2.82. The Morgan fingerprint density at radius 2 is 2.10 bits per heavy atom. The average molecular weight is 276 g/mol. The van der Waals surface area contributed by atoms with Crippen molar-refractivity contribution in [3.63, 3.8) is 0 Å². The molecule has 0 bridgehead atoms. The Bertz CT molecular complexity index is 443. The zero-order valence-corrected chi connectivity index (χ0v) is 13.1. The van der Waals surface area contributed by atoms with E-state index >= 15 is 0 Å². The van der Waals surface area contributed by atoms with Gasteiger partial charge in [-0.2, -0.15) is 0 Å². The number of benzene rings is 1. The van der Waals surface area contributed by atoms with Crippen molar-refractivity contribution in [3.8, 4) is 0 Å². The van der Waals surface area contributed by atoms with Gasteiger partial charge in [-0.25, -0.2) is 0 Å². The number of anilines is 1. The number of rotatable bonds is 4. The van der Waals surface area contributed by atoms with Gasteiger partial charge in [-0.1, -0.05) is 19.1 Å². The summed E-state index contributed by atoms with van der Waals surface area (Å²) in [6, 6.07) is 6.73. The van der Waals surface area contributed by atoms with E-state index in [-0.39, 0.29) is 0 Å². The van der Waals surface area contributed by atoms with Crippen LogP contribution in [0.5, 0.6) is 0 Å². The number of hydrogen-bond donors (Lipinski definition) is 2. The van der Waals surface area contributed by atoms with E-state index in [1.807, 2.05) is 6.92 Å². The third kappa shape index (κ3) is 3.97. The molecule has 0 aromatic heterocycles. The quantitative estimate of drug-likeness (QED) is 0.887. The molecule has 1 aromatic rings. The molecule has 20 heavy (non-hydrogen) atoms. The van der Waals surface area contributed by atoms with Crippen LogP contribution in [0.4, 0.5) is 5.69 Å². The minimum absolute atomic E-state index is 0.492. The Hall–Kier alpha value is -1.06. The zero-order chi connectivity index (χ0) is 14.6. The fourth-order valence-corrected chi connectivity index (χ4v) is 2.96. The number of hydrogen-bond acceptors (Lipinski definition) is 3. The van der Waals surface area contributed by atoms with Gasteiger partial charge in [-0.05, 0) is 56.8 Å². The van der Waals surface area contributed by atoms with Crippen molar-refractivity contribution < 1.29 is 5.11 Å². The van der Waals surface area contributed by atoms with Crippen molar-refractivity contribution in [2.75, 3.05) is 24.5 Å². The molecule has 2 N–H and O–H groups in total. The highest BCUT2D eigenvalue weighted by Crippen LogP contribution is 2.27. The largest absolute Gasteiger partial charge is 0.390 e. The summed E-state index contributed by atoms with van der Waals surface area (Å²) in [5.41, 5.74) is 3.51. The lowest BCUT2D eigenvalue weighted by atomic mass is 9.98. The maximum Gasteiger partial charge on any atom is 0.0637 e. The van der Waals surface area contributed by atoms with Gasteiger partial charge in [0.05, 0.1) is 5.60 Å². The van der Waals surface area contributed by atoms with Crippen LogP contribution in [-0.2, 0) is 6.54 Å². The predicted molar refractivity (Wildman–Crippen MR) is 85.2 cm³/mol. The lowest BCUT2D eigenvalue weighted by molar-refractivity contribution is 0.0481. The smallest absolute Gasteiger partial charge is 0.0637 e. The number of nitrogens with one attached hydrogen (secondary N) is 1. The van der Waals surface area contributed by atoms with Crippen molar-refractivity contribution in [2.45, 2.75) is 52.2 Å². The van der Waals surface area contributed by atoms with Crippen molar-refractivity contribution in [1.82, 2.24) is 5.32 Å². The number of nitrogens with zero attached hydrogens (tertiary/aromatic N) is 1. The number of aryl methyl sites for hydroxylation is 1. The van der Waals surface area contributed by atoms with E-state index in [1.165, 1.54) is 16.8 Å². The van der Waals surface area contributed by atoms with Crippen molar-refractivity contribution >= 4 is 5.69 Å². The fraction of sp³-hybridized carbons (Fsp3) is 0.647. The minimum atomic E-state index is -0.492. The monoisotopic (exact) mass is 276 g/mol. The first-order chi connectivity index (χ1) is 9.52. The highest BCUT2D eigenvalue weighted by atomic mass is 16.3. The second-order valence-electron chi connectivity index (χ2n) is 6.24. The Morgan fingerprint density at radius 1 is 1.30 bits per heavy atom. The molecule has 1 heterocycles. The maximum absolute atomic E-state index is 10.2. The highest BCUT2D eigenvalue weighted by molar-refractivity contribution is 5.54. The van der Waals surface area contributed by atoms with Crippen molar-refractivity contribution in [3.05, 3.63) is 29.3 Å². The molecule has 1 fully saturated rings. The molecule has 0 saturated carbocycles. The molecule has 0 spiro atoms.